The van der Waals surface area contributed by atoms with E-state index in [2.05, 4.69) is 15.6 Å². The fourth-order valence-electron chi connectivity index (χ4n) is 2.60. The lowest BCUT2D eigenvalue weighted by molar-refractivity contribution is 0.203. The summed E-state index contributed by atoms with van der Waals surface area (Å²) in [6, 6.07) is 7.61. The van der Waals surface area contributed by atoms with Crippen LogP contribution in [0, 0.1) is 0 Å². The third-order valence-corrected chi connectivity index (χ3v) is 3.99. The van der Waals surface area contributed by atoms with Crippen molar-refractivity contribution >= 4 is 29.9 Å². The fraction of sp³-hybridized carbons (Fsp3) is 0.450. The van der Waals surface area contributed by atoms with Gasteiger partial charge in [-0.05, 0) is 29.8 Å². The van der Waals surface area contributed by atoms with Crippen LogP contribution in [0.5, 0.6) is 17.2 Å². The van der Waals surface area contributed by atoms with Gasteiger partial charge in [-0.15, -0.1) is 24.0 Å². The number of hydrogen-bond donors (Lipinski definition) is 2. The van der Waals surface area contributed by atoms with Gasteiger partial charge in [0.2, 0.25) is 5.75 Å². The number of nitrogens with one attached hydrogen (secondary N) is 2. The van der Waals surface area contributed by atoms with Gasteiger partial charge in [-0.1, -0.05) is 0 Å². The van der Waals surface area contributed by atoms with E-state index in [1.165, 1.54) is 0 Å². The first kappa shape index (κ1) is 24.9. The standard InChI is InChI=1S/C20H29N3O5.HI/c1-24-11-9-22-20(21-8-7-16-6-5-10-28-16)23-14-15-12-17(25-2)19(27-4)18(13-15)26-3;/h5-6,10,12-13H,7-9,11,14H2,1-4H3,(H2,21,22,23);1H. The molecule has 0 fully saturated rings. The normalized spacial score (nSPS) is 10.8. The van der Waals surface area contributed by atoms with E-state index in [1.54, 1.807) is 34.7 Å². The Balaban J connectivity index is 0.00000420. The van der Waals surface area contributed by atoms with Crippen molar-refractivity contribution in [3.05, 3.63) is 41.9 Å². The molecule has 1 aromatic heterocycles. The van der Waals surface area contributed by atoms with Crippen LogP contribution in [0.3, 0.4) is 0 Å². The Morgan fingerprint density at radius 1 is 1.00 bits per heavy atom. The van der Waals surface area contributed by atoms with Crippen LogP contribution in [0.2, 0.25) is 0 Å². The number of aliphatic imine (C=N–C) groups is 1. The van der Waals surface area contributed by atoms with Crippen LogP contribution in [0.4, 0.5) is 0 Å². The van der Waals surface area contributed by atoms with Gasteiger partial charge in [0, 0.05) is 26.6 Å². The minimum Gasteiger partial charge on any atom is -0.493 e. The number of rotatable bonds is 11. The Labute approximate surface area is 189 Å². The van der Waals surface area contributed by atoms with Crippen molar-refractivity contribution in [1.82, 2.24) is 10.6 Å². The molecule has 0 bridgehead atoms. The summed E-state index contributed by atoms with van der Waals surface area (Å²) < 4.78 is 26.6. The summed E-state index contributed by atoms with van der Waals surface area (Å²) in [7, 11) is 6.44. The van der Waals surface area contributed by atoms with Crippen LogP contribution in [0.25, 0.3) is 0 Å². The van der Waals surface area contributed by atoms with Crippen molar-refractivity contribution in [2.24, 2.45) is 4.99 Å². The van der Waals surface area contributed by atoms with Crippen LogP contribution in [0.1, 0.15) is 11.3 Å². The summed E-state index contributed by atoms with van der Waals surface area (Å²) in [5.74, 6) is 3.39. The molecule has 1 aromatic carbocycles. The summed E-state index contributed by atoms with van der Waals surface area (Å²) in [6.07, 6.45) is 2.44. The molecular weight excluding hydrogens is 489 g/mol. The minimum atomic E-state index is 0. The van der Waals surface area contributed by atoms with E-state index in [1.807, 2.05) is 24.3 Å². The second-order valence-electron chi connectivity index (χ2n) is 5.87. The van der Waals surface area contributed by atoms with E-state index < -0.39 is 0 Å². The van der Waals surface area contributed by atoms with Crippen molar-refractivity contribution in [2.45, 2.75) is 13.0 Å². The molecule has 0 amide bonds. The zero-order valence-electron chi connectivity index (χ0n) is 17.3. The largest absolute Gasteiger partial charge is 0.493 e. The molecule has 9 heteroatoms. The average Bonchev–Trinajstić information content (AvgIpc) is 3.24. The quantitative estimate of drug-likeness (QED) is 0.204. The Bertz CT molecular complexity index is 713. The Kier molecular flexibility index (Phi) is 12.0. The van der Waals surface area contributed by atoms with E-state index in [-0.39, 0.29) is 24.0 Å². The van der Waals surface area contributed by atoms with Crippen LogP contribution in [-0.4, -0.2) is 54.1 Å². The highest BCUT2D eigenvalue weighted by Gasteiger charge is 2.13. The Morgan fingerprint density at radius 3 is 2.24 bits per heavy atom. The third kappa shape index (κ3) is 8.01. The summed E-state index contributed by atoms with van der Waals surface area (Å²) in [4.78, 5) is 4.65. The summed E-state index contributed by atoms with van der Waals surface area (Å²) in [5, 5.41) is 6.55. The smallest absolute Gasteiger partial charge is 0.203 e. The number of benzene rings is 1. The molecule has 29 heavy (non-hydrogen) atoms. The molecule has 2 aromatic rings. The number of hydrogen-bond acceptors (Lipinski definition) is 6. The number of nitrogens with zero attached hydrogens (tertiary/aromatic N) is 1. The lowest BCUT2D eigenvalue weighted by atomic mass is 10.2. The summed E-state index contributed by atoms with van der Waals surface area (Å²) >= 11 is 0. The van der Waals surface area contributed by atoms with Crippen LogP contribution < -0.4 is 24.8 Å². The number of furan rings is 1. The molecule has 0 aliphatic carbocycles. The Morgan fingerprint density at radius 2 is 1.69 bits per heavy atom. The maximum absolute atomic E-state index is 5.40. The van der Waals surface area contributed by atoms with E-state index in [0.717, 1.165) is 17.7 Å². The first-order valence-corrected chi connectivity index (χ1v) is 9.04. The van der Waals surface area contributed by atoms with Gasteiger partial charge in [0.25, 0.3) is 0 Å². The lowest BCUT2D eigenvalue weighted by Crippen LogP contribution is -2.40. The molecule has 162 valence electrons. The highest BCUT2D eigenvalue weighted by Crippen LogP contribution is 2.38. The van der Waals surface area contributed by atoms with Gasteiger partial charge in [0.05, 0.1) is 40.7 Å². The second-order valence-corrected chi connectivity index (χ2v) is 5.87. The van der Waals surface area contributed by atoms with Gasteiger partial charge < -0.3 is 34.0 Å². The first-order valence-electron chi connectivity index (χ1n) is 9.04. The highest BCUT2D eigenvalue weighted by atomic mass is 127. The van der Waals surface area contributed by atoms with Gasteiger partial charge >= 0.3 is 0 Å². The molecule has 0 spiro atoms. The van der Waals surface area contributed by atoms with E-state index in [9.17, 15) is 0 Å². The van der Waals surface area contributed by atoms with E-state index in [4.69, 9.17) is 23.4 Å². The second kappa shape index (κ2) is 13.9. The van der Waals surface area contributed by atoms with Crippen LogP contribution >= 0.6 is 24.0 Å². The van der Waals surface area contributed by atoms with Gasteiger partial charge in [0.15, 0.2) is 17.5 Å². The van der Waals surface area contributed by atoms with Gasteiger partial charge in [0.1, 0.15) is 5.76 Å². The maximum Gasteiger partial charge on any atom is 0.203 e. The zero-order chi connectivity index (χ0) is 20.2. The molecule has 0 saturated heterocycles. The average molecular weight is 519 g/mol. The molecule has 2 N–H and O–H groups in total. The zero-order valence-corrected chi connectivity index (χ0v) is 19.6. The molecule has 0 atom stereocenters. The lowest BCUT2D eigenvalue weighted by Gasteiger charge is -2.14. The molecular formula is C20H30IN3O5. The van der Waals surface area contributed by atoms with E-state index in [0.29, 0.717) is 49.4 Å². The molecule has 0 aliphatic heterocycles. The third-order valence-electron chi connectivity index (χ3n) is 3.99. The predicted octanol–water partition coefficient (Wildman–Crippen LogP) is 2.85. The summed E-state index contributed by atoms with van der Waals surface area (Å²) in [6.45, 7) is 2.38. The van der Waals surface area contributed by atoms with Gasteiger partial charge in [-0.3, -0.25) is 0 Å². The molecule has 1 heterocycles. The van der Waals surface area contributed by atoms with Crippen LogP contribution in [0.15, 0.2) is 39.9 Å². The van der Waals surface area contributed by atoms with Crippen molar-refractivity contribution in [3.63, 3.8) is 0 Å². The molecule has 0 saturated carbocycles. The monoisotopic (exact) mass is 519 g/mol. The highest BCUT2D eigenvalue weighted by molar-refractivity contribution is 14.0. The molecule has 2 rings (SSSR count). The topological polar surface area (TPSA) is 86.5 Å². The van der Waals surface area contributed by atoms with Crippen molar-refractivity contribution in [1.29, 1.82) is 0 Å². The number of halogens is 1. The van der Waals surface area contributed by atoms with Gasteiger partial charge in [-0.25, -0.2) is 4.99 Å². The molecule has 8 nitrogen and oxygen atoms in total. The molecule has 0 radical (unpaired) electrons. The number of methoxy groups -OCH3 is 4. The van der Waals surface area contributed by atoms with Crippen molar-refractivity contribution in [3.8, 4) is 17.2 Å². The number of ether oxygens (including phenoxy) is 4. The predicted molar refractivity (Wildman–Crippen MR) is 123 cm³/mol. The maximum atomic E-state index is 5.40. The summed E-state index contributed by atoms with van der Waals surface area (Å²) in [5.41, 5.74) is 0.938. The van der Waals surface area contributed by atoms with E-state index >= 15 is 0 Å². The number of guanidine groups is 1. The Hall–Kier alpha value is -2.14. The van der Waals surface area contributed by atoms with Crippen molar-refractivity contribution < 1.29 is 23.4 Å². The SMILES string of the molecule is COCCNC(=NCc1cc(OC)c(OC)c(OC)c1)NCCc1ccco1.I. The molecule has 0 aliphatic rings. The first-order chi connectivity index (χ1) is 13.7. The fourth-order valence-corrected chi connectivity index (χ4v) is 2.60. The molecule has 0 unspecified atom stereocenters. The minimum absolute atomic E-state index is 0. The van der Waals surface area contributed by atoms with Crippen LogP contribution in [-0.2, 0) is 17.7 Å². The van der Waals surface area contributed by atoms with Crippen molar-refractivity contribution in [2.75, 3.05) is 48.1 Å². The van der Waals surface area contributed by atoms with Gasteiger partial charge in [-0.2, -0.15) is 0 Å².